The highest BCUT2D eigenvalue weighted by molar-refractivity contribution is 7.80. The fourth-order valence-corrected chi connectivity index (χ4v) is 2.54. The lowest BCUT2D eigenvalue weighted by molar-refractivity contribution is 0.126. The molecular formula is C14H19FN2OS. The predicted molar refractivity (Wildman–Crippen MR) is 77.4 cm³/mol. The molecule has 0 aromatic heterocycles. The van der Waals surface area contributed by atoms with E-state index < -0.39 is 0 Å². The van der Waals surface area contributed by atoms with Gasteiger partial charge in [0, 0.05) is 24.3 Å². The number of nitrogens with zero attached hydrogens (tertiary/aromatic N) is 1. The summed E-state index contributed by atoms with van der Waals surface area (Å²) in [5.41, 5.74) is 6.91. The molecule has 0 amide bonds. The Kier molecular flexibility index (Phi) is 4.85. The highest BCUT2D eigenvalue weighted by Crippen LogP contribution is 2.20. The second kappa shape index (κ2) is 6.41. The molecule has 1 aliphatic heterocycles. The molecule has 0 bridgehead atoms. The van der Waals surface area contributed by atoms with Crippen LogP contribution >= 0.6 is 12.2 Å². The molecule has 0 spiro atoms. The lowest BCUT2D eigenvalue weighted by atomic mass is 9.97. The standard InChI is InChI=1S/C14H19FN2OS/c15-13-2-1-11(14(16)19)7-12(13)8-17-5-3-10(9-18)4-6-17/h1-2,7,10,18H,3-6,8-9H2,(H2,16,19). The molecule has 19 heavy (non-hydrogen) atoms. The maximum absolute atomic E-state index is 13.8. The normalized spacial score (nSPS) is 17.6. The second-order valence-electron chi connectivity index (χ2n) is 5.07. The van der Waals surface area contributed by atoms with Crippen LogP contribution < -0.4 is 5.73 Å². The van der Waals surface area contributed by atoms with Gasteiger partial charge in [-0.2, -0.15) is 0 Å². The predicted octanol–water partition coefficient (Wildman–Crippen LogP) is 1.66. The topological polar surface area (TPSA) is 49.5 Å². The van der Waals surface area contributed by atoms with Gasteiger partial charge in [0.15, 0.2) is 0 Å². The lowest BCUT2D eigenvalue weighted by Gasteiger charge is -2.31. The van der Waals surface area contributed by atoms with Crippen LogP contribution in [0.25, 0.3) is 0 Å². The van der Waals surface area contributed by atoms with Gasteiger partial charge in [0.05, 0.1) is 0 Å². The molecule has 3 N–H and O–H groups in total. The molecule has 0 aliphatic carbocycles. The molecule has 0 unspecified atom stereocenters. The highest BCUT2D eigenvalue weighted by Gasteiger charge is 2.19. The van der Waals surface area contributed by atoms with Crippen LogP contribution in [-0.4, -0.2) is 34.7 Å². The molecule has 1 aromatic rings. The van der Waals surface area contributed by atoms with Gasteiger partial charge in [0.2, 0.25) is 0 Å². The third kappa shape index (κ3) is 3.72. The van der Waals surface area contributed by atoms with E-state index in [0.717, 1.165) is 25.9 Å². The number of piperidine rings is 1. The Morgan fingerprint density at radius 2 is 2.11 bits per heavy atom. The number of rotatable bonds is 4. The van der Waals surface area contributed by atoms with Crippen LogP contribution in [0.15, 0.2) is 18.2 Å². The molecule has 1 aromatic carbocycles. The summed E-state index contributed by atoms with van der Waals surface area (Å²) in [5, 5.41) is 9.10. The van der Waals surface area contributed by atoms with Crippen LogP contribution in [0.4, 0.5) is 4.39 Å². The lowest BCUT2D eigenvalue weighted by Crippen LogP contribution is -2.34. The summed E-state index contributed by atoms with van der Waals surface area (Å²) in [4.78, 5) is 2.49. The summed E-state index contributed by atoms with van der Waals surface area (Å²) >= 11 is 4.91. The Morgan fingerprint density at radius 3 is 2.68 bits per heavy atom. The fourth-order valence-electron chi connectivity index (χ4n) is 2.42. The summed E-state index contributed by atoms with van der Waals surface area (Å²) < 4.78 is 13.8. The van der Waals surface area contributed by atoms with Crippen molar-refractivity contribution >= 4 is 17.2 Å². The minimum absolute atomic E-state index is 0.218. The third-order valence-electron chi connectivity index (χ3n) is 3.69. The Labute approximate surface area is 118 Å². The first kappa shape index (κ1) is 14.4. The minimum atomic E-state index is -0.218. The number of thiocarbonyl (C=S) groups is 1. The van der Waals surface area contributed by atoms with Crippen LogP contribution in [-0.2, 0) is 6.54 Å². The molecule has 1 aliphatic rings. The van der Waals surface area contributed by atoms with Gasteiger partial charge in [0.1, 0.15) is 10.8 Å². The molecule has 0 atom stereocenters. The van der Waals surface area contributed by atoms with Crippen LogP contribution in [0, 0.1) is 11.7 Å². The van der Waals surface area contributed by atoms with Gasteiger partial charge in [-0.05, 0) is 50.0 Å². The van der Waals surface area contributed by atoms with Crippen molar-refractivity contribution in [1.29, 1.82) is 0 Å². The number of hydrogen-bond donors (Lipinski definition) is 2. The number of benzene rings is 1. The van der Waals surface area contributed by atoms with Crippen molar-refractivity contribution in [2.24, 2.45) is 11.7 Å². The van der Waals surface area contributed by atoms with E-state index in [1.165, 1.54) is 6.07 Å². The Morgan fingerprint density at radius 1 is 1.42 bits per heavy atom. The monoisotopic (exact) mass is 282 g/mol. The average molecular weight is 282 g/mol. The maximum atomic E-state index is 13.8. The van der Waals surface area contributed by atoms with Gasteiger partial charge in [-0.25, -0.2) is 4.39 Å². The molecule has 104 valence electrons. The van der Waals surface area contributed by atoms with Gasteiger partial charge in [-0.3, -0.25) is 4.90 Å². The van der Waals surface area contributed by atoms with Crippen molar-refractivity contribution in [2.45, 2.75) is 19.4 Å². The van der Waals surface area contributed by atoms with Crippen molar-refractivity contribution in [2.75, 3.05) is 19.7 Å². The van der Waals surface area contributed by atoms with E-state index >= 15 is 0 Å². The van der Waals surface area contributed by atoms with Gasteiger partial charge in [-0.1, -0.05) is 12.2 Å². The molecule has 2 rings (SSSR count). The zero-order valence-corrected chi connectivity index (χ0v) is 11.6. The van der Waals surface area contributed by atoms with Crippen molar-refractivity contribution in [3.63, 3.8) is 0 Å². The summed E-state index contributed by atoms with van der Waals surface area (Å²) in [6, 6.07) is 4.76. The first-order chi connectivity index (χ1) is 9.10. The third-order valence-corrected chi connectivity index (χ3v) is 3.93. The summed E-state index contributed by atoms with van der Waals surface area (Å²) in [7, 11) is 0. The number of halogens is 1. The van der Waals surface area contributed by atoms with Crippen LogP contribution in [0.5, 0.6) is 0 Å². The minimum Gasteiger partial charge on any atom is -0.396 e. The van der Waals surface area contributed by atoms with Gasteiger partial charge >= 0.3 is 0 Å². The summed E-state index contributed by atoms with van der Waals surface area (Å²) in [6.07, 6.45) is 1.93. The number of hydrogen-bond acceptors (Lipinski definition) is 3. The summed E-state index contributed by atoms with van der Waals surface area (Å²) in [5.74, 6) is 0.174. The van der Waals surface area contributed by atoms with Crippen molar-refractivity contribution in [3.05, 3.63) is 35.1 Å². The average Bonchev–Trinajstić information content (AvgIpc) is 2.42. The Balaban J connectivity index is 2.03. The van der Waals surface area contributed by atoms with E-state index in [1.54, 1.807) is 12.1 Å². The van der Waals surface area contributed by atoms with E-state index in [-0.39, 0.29) is 12.4 Å². The number of aliphatic hydroxyl groups is 1. The van der Waals surface area contributed by atoms with Crippen LogP contribution in [0.1, 0.15) is 24.0 Å². The molecule has 0 saturated carbocycles. The zero-order valence-electron chi connectivity index (χ0n) is 10.8. The van der Waals surface area contributed by atoms with E-state index in [4.69, 9.17) is 23.1 Å². The van der Waals surface area contributed by atoms with E-state index in [0.29, 0.717) is 28.6 Å². The number of aliphatic hydroxyl groups excluding tert-OH is 1. The molecule has 1 heterocycles. The van der Waals surface area contributed by atoms with Crippen molar-refractivity contribution in [3.8, 4) is 0 Å². The molecule has 1 saturated heterocycles. The molecular weight excluding hydrogens is 263 g/mol. The molecule has 0 radical (unpaired) electrons. The Hall–Kier alpha value is -1.04. The Bertz CT molecular complexity index is 459. The first-order valence-corrected chi connectivity index (χ1v) is 6.92. The number of likely N-dealkylation sites (tertiary alicyclic amines) is 1. The quantitative estimate of drug-likeness (QED) is 0.825. The van der Waals surface area contributed by atoms with E-state index in [1.807, 2.05) is 0 Å². The molecule has 3 nitrogen and oxygen atoms in total. The largest absolute Gasteiger partial charge is 0.396 e. The SMILES string of the molecule is NC(=S)c1ccc(F)c(CN2CCC(CO)CC2)c1. The second-order valence-corrected chi connectivity index (χ2v) is 5.51. The first-order valence-electron chi connectivity index (χ1n) is 6.51. The van der Waals surface area contributed by atoms with E-state index in [2.05, 4.69) is 4.90 Å². The van der Waals surface area contributed by atoms with E-state index in [9.17, 15) is 4.39 Å². The smallest absolute Gasteiger partial charge is 0.127 e. The van der Waals surface area contributed by atoms with Gasteiger partial charge < -0.3 is 10.8 Å². The molecule has 1 fully saturated rings. The fraction of sp³-hybridized carbons (Fsp3) is 0.500. The van der Waals surface area contributed by atoms with Gasteiger partial charge in [0.25, 0.3) is 0 Å². The zero-order chi connectivity index (χ0) is 13.8. The summed E-state index contributed by atoms with van der Waals surface area (Å²) in [6.45, 7) is 2.60. The van der Waals surface area contributed by atoms with Crippen LogP contribution in [0.3, 0.4) is 0 Å². The number of nitrogens with two attached hydrogens (primary N) is 1. The van der Waals surface area contributed by atoms with Crippen LogP contribution in [0.2, 0.25) is 0 Å². The highest BCUT2D eigenvalue weighted by atomic mass is 32.1. The van der Waals surface area contributed by atoms with Gasteiger partial charge in [-0.15, -0.1) is 0 Å². The van der Waals surface area contributed by atoms with Crippen molar-refractivity contribution < 1.29 is 9.50 Å². The molecule has 5 heteroatoms. The maximum Gasteiger partial charge on any atom is 0.127 e. The van der Waals surface area contributed by atoms with Crippen molar-refractivity contribution in [1.82, 2.24) is 4.90 Å².